The van der Waals surface area contributed by atoms with Gasteiger partial charge in [-0.15, -0.1) is 11.3 Å². The lowest BCUT2D eigenvalue weighted by Gasteiger charge is -1.96. The molecule has 0 radical (unpaired) electrons. The second kappa shape index (κ2) is 5.21. The van der Waals surface area contributed by atoms with Crippen molar-refractivity contribution < 1.29 is 0 Å². The Hall–Kier alpha value is -3.12. The largest absolute Gasteiger partial charge is 0.338 e. The van der Waals surface area contributed by atoms with E-state index in [1.165, 1.54) is 0 Å². The molecule has 0 aliphatic heterocycles. The summed E-state index contributed by atoms with van der Waals surface area (Å²) in [6, 6.07) is 11.9. The second-order valence-corrected chi connectivity index (χ2v) is 6.42. The van der Waals surface area contributed by atoms with Crippen molar-refractivity contribution in [3.05, 3.63) is 61.2 Å². The third-order valence-corrected chi connectivity index (χ3v) is 4.91. The summed E-state index contributed by atoms with van der Waals surface area (Å²) in [4.78, 5) is 21.2. The molecule has 0 aliphatic rings. The topological polar surface area (TPSA) is 67.3 Å². The Morgan fingerprint density at radius 3 is 2.71 bits per heavy atom. The Kier molecular flexibility index (Phi) is 2.89. The highest BCUT2D eigenvalue weighted by Gasteiger charge is 2.13. The zero-order valence-electron chi connectivity index (χ0n) is 12.5. The van der Waals surface area contributed by atoms with Crippen molar-refractivity contribution in [2.24, 2.45) is 0 Å². The summed E-state index contributed by atoms with van der Waals surface area (Å²) in [5.41, 5.74) is 4.87. The van der Waals surface area contributed by atoms with Gasteiger partial charge in [-0.05, 0) is 30.3 Å². The number of hydrogen-bond donors (Lipinski definition) is 1. The van der Waals surface area contributed by atoms with Gasteiger partial charge in [0.1, 0.15) is 10.8 Å². The lowest BCUT2D eigenvalue weighted by atomic mass is 10.2. The monoisotopic (exact) mass is 329 g/mol. The fraction of sp³-hybridized carbons (Fsp3) is 0. The van der Waals surface area contributed by atoms with Gasteiger partial charge < -0.3 is 4.98 Å². The molecule has 1 N–H and O–H groups in total. The van der Waals surface area contributed by atoms with Crippen LogP contribution in [-0.4, -0.2) is 24.9 Å². The van der Waals surface area contributed by atoms with Gasteiger partial charge in [0.05, 0.1) is 21.3 Å². The standard InChI is InChI=1S/C18H11N5S/c1-4-12(18-22-13-6-8-20-10-15(13)24-18)16-14(5-1)21-17(23-16)11-3-2-7-19-9-11/h1-10H,(H,21,23). The Morgan fingerprint density at radius 1 is 0.875 bits per heavy atom. The molecule has 0 amide bonds. The van der Waals surface area contributed by atoms with Gasteiger partial charge in [0.2, 0.25) is 0 Å². The highest BCUT2D eigenvalue weighted by Crippen LogP contribution is 2.34. The average Bonchev–Trinajstić information content (AvgIpc) is 3.26. The molecule has 1 aromatic carbocycles. The van der Waals surface area contributed by atoms with Gasteiger partial charge in [-0.2, -0.15) is 0 Å². The molecule has 5 rings (SSSR count). The first kappa shape index (κ1) is 13.3. The first-order valence-electron chi connectivity index (χ1n) is 7.48. The van der Waals surface area contributed by atoms with Crippen molar-refractivity contribution in [2.75, 3.05) is 0 Å². The molecule has 24 heavy (non-hydrogen) atoms. The number of nitrogens with one attached hydrogen (secondary N) is 1. The van der Waals surface area contributed by atoms with Gasteiger partial charge in [0.25, 0.3) is 0 Å². The Labute approximate surface area is 141 Å². The Bertz CT molecular complexity index is 1130. The predicted octanol–water partition coefficient (Wildman–Crippen LogP) is 4.30. The van der Waals surface area contributed by atoms with Crippen molar-refractivity contribution in [3.63, 3.8) is 0 Å². The van der Waals surface area contributed by atoms with Crippen LogP contribution in [0.3, 0.4) is 0 Å². The van der Waals surface area contributed by atoms with Crippen LogP contribution in [0.15, 0.2) is 61.2 Å². The van der Waals surface area contributed by atoms with E-state index in [1.54, 1.807) is 29.9 Å². The molecule has 0 bridgehead atoms. The van der Waals surface area contributed by atoms with Gasteiger partial charge in [-0.25, -0.2) is 9.97 Å². The van der Waals surface area contributed by atoms with Crippen molar-refractivity contribution in [2.45, 2.75) is 0 Å². The van der Waals surface area contributed by atoms with E-state index in [-0.39, 0.29) is 0 Å². The summed E-state index contributed by atoms with van der Waals surface area (Å²) in [5.74, 6) is 0.813. The van der Waals surface area contributed by atoms with Crippen LogP contribution in [0.4, 0.5) is 0 Å². The van der Waals surface area contributed by atoms with Crippen molar-refractivity contribution in [1.82, 2.24) is 24.9 Å². The summed E-state index contributed by atoms with van der Waals surface area (Å²) in [6.07, 6.45) is 7.18. The van der Waals surface area contributed by atoms with Crippen LogP contribution in [0.2, 0.25) is 0 Å². The second-order valence-electron chi connectivity index (χ2n) is 5.39. The van der Waals surface area contributed by atoms with Crippen LogP contribution in [0.5, 0.6) is 0 Å². The molecule has 5 aromatic rings. The number of thiazole rings is 1. The maximum atomic E-state index is 4.78. The van der Waals surface area contributed by atoms with Crippen LogP contribution in [0, 0.1) is 0 Å². The van der Waals surface area contributed by atoms with Crippen molar-refractivity contribution in [1.29, 1.82) is 0 Å². The molecule has 6 heteroatoms. The van der Waals surface area contributed by atoms with Crippen LogP contribution in [-0.2, 0) is 0 Å². The summed E-state index contributed by atoms with van der Waals surface area (Å²) in [5, 5.41) is 0.952. The van der Waals surface area contributed by atoms with Crippen molar-refractivity contribution in [3.8, 4) is 22.0 Å². The minimum absolute atomic E-state index is 0.813. The number of hydrogen-bond acceptors (Lipinski definition) is 5. The van der Waals surface area contributed by atoms with E-state index in [2.05, 4.69) is 21.0 Å². The molecule has 0 unspecified atom stereocenters. The van der Waals surface area contributed by atoms with E-state index < -0.39 is 0 Å². The smallest absolute Gasteiger partial charge is 0.140 e. The van der Waals surface area contributed by atoms with Crippen LogP contribution >= 0.6 is 11.3 Å². The maximum absolute atomic E-state index is 4.78. The van der Waals surface area contributed by atoms with Crippen molar-refractivity contribution >= 4 is 32.6 Å². The number of imidazole rings is 1. The molecule has 114 valence electrons. The first-order chi connectivity index (χ1) is 11.9. The number of H-pyrrole nitrogens is 1. The minimum atomic E-state index is 0.813. The average molecular weight is 329 g/mol. The fourth-order valence-corrected chi connectivity index (χ4v) is 3.70. The number of fused-ring (bicyclic) bond motifs is 2. The molecule has 4 aromatic heterocycles. The third-order valence-electron chi connectivity index (χ3n) is 3.87. The molecule has 5 nitrogen and oxygen atoms in total. The Morgan fingerprint density at radius 2 is 1.83 bits per heavy atom. The number of nitrogens with zero attached hydrogens (tertiary/aromatic N) is 4. The molecule has 0 fully saturated rings. The molecule has 0 saturated heterocycles. The van der Waals surface area contributed by atoms with Gasteiger partial charge in [0.15, 0.2) is 0 Å². The number of aromatic nitrogens is 5. The van der Waals surface area contributed by atoms with Gasteiger partial charge >= 0.3 is 0 Å². The molecule has 0 spiro atoms. The number of pyridine rings is 2. The number of aromatic amines is 1. The van der Waals surface area contributed by atoms with Crippen LogP contribution < -0.4 is 0 Å². The molecular formula is C18H11N5S. The van der Waals surface area contributed by atoms with E-state index in [0.717, 1.165) is 43.2 Å². The SMILES string of the molecule is c1cncc(-c2nc3c(-c4nc5ccncc5s4)cccc3[nH]2)c1. The van der Waals surface area contributed by atoms with E-state index in [9.17, 15) is 0 Å². The minimum Gasteiger partial charge on any atom is -0.338 e. The zero-order valence-corrected chi connectivity index (χ0v) is 13.3. The molecule has 0 saturated carbocycles. The number of benzene rings is 1. The van der Waals surface area contributed by atoms with Gasteiger partial charge in [0, 0.05) is 35.9 Å². The zero-order chi connectivity index (χ0) is 15.9. The molecule has 4 heterocycles. The Balaban J connectivity index is 1.72. The van der Waals surface area contributed by atoms with E-state index in [4.69, 9.17) is 9.97 Å². The van der Waals surface area contributed by atoms with E-state index in [0.29, 0.717) is 0 Å². The normalized spacial score (nSPS) is 11.3. The lowest BCUT2D eigenvalue weighted by Crippen LogP contribution is -1.81. The van der Waals surface area contributed by atoms with E-state index >= 15 is 0 Å². The van der Waals surface area contributed by atoms with Gasteiger partial charge in [-0.3, -0.25) is 9.97 Å². The molecule has 0 atom stereocenters. The summed E-state index contributed by atoms with van der Waals surface area (Å²) >= 11 is 1.63. The van der Waals surface area contributed by atoms with Crippen LogP contribution in [0.1, 0.15) is 0 Å². The maximum Gasteiger partial charge on any atom is 0.140 e. The van der Waals surface area contributed by atoms with Crippen LogP contribution in [0.25, 0.3) is 43.2 Å². The van der Waals surface area contributed by atoms with E-state index in [1.807, 2.05) is 36.5 Å². The quantitative estimate of drug-likeness (QED) is 0.524. The fourth-order valence-electron chi connectivity index (χ4n) is 2.74. The highest BCUT2D eigenvalue weighted by molar-refractivity contribution is 7.21. The number of rotatable bonds is 2. The third kappa shape index (κ3) is 2.08. The van der Waals surface area contributed by atoms with Gasteiger partial charge in [-0.1, -0.05) is 6.07 Å². The summed E-state index contributed by atoms with van der Waals surface area (Å²) in [6.45, 7) is 0. The lowest BCUT2D eigenvalue weighted by molar-refractivity contribution is 1.27. The first-order valence-corrected chi connectivity index (χ1v) is 8.30. The summed E-state index contributed by atoms with van der Waals surface area (Å²) in [7, 11) is 0. The predicted molar refractivity (Wildman–Crippen MR) is 95.7 cm³/mol. The highest BCUT2D eigenvalue weighted by atomic mass is 32.1. The number of para-hydroxylation sites is 1. The summed E-state index contributed by atoms with van der Waals surface area (Å²) < 4.78 is 1.08. The molecular weight excluding hydrogens is 318 g/mol. The molecule has 0 aliphatic carbocycles.